The van der Waals surface area contributed by atoms with Gasteiger partial charge in [0.15, 0.2) is 0 Å². The number of nitrogens with zero attached hydrogens (tertiary/aromatic N) is 1. The van der Waals surface area contributed by atoms with Gasteiger partial charge < -0.3 is 5.11 Å². The average molecular weight is 221 g/mol. The van der Waals surface area contributed by atoms with Gasteiger partial charge in [-0.05, 0) is 18.8 Å². The Morgan fingerprint density at radius 2 is 2.07 bits per heavy atom. The van der Waals surface area contributed by atoms with E-state index in [2.05, 4.69) is 0 Å². The fourth-order valence-corrected chi connectivity index (χ4v) is 3.56. The van der Waals surface area contributed by atoms with Crippen molar-refractivity contribution in [3.63, 3.8) is 0 Å². The third kappa shape index (κ3) is 2.93. The summed E-state index contributed by atoms with van der Waals surface area (Å²) in [6.07, 6.45) is 3.23. The first-order chi connectivity index (χ1) is 6.60. The standard InChI is InChI=1S/C9H19NO3S/c1-2-10(6-7-11)14(12,13)8-9-4-3-5-9/h9,11H,2-8H2,1H3. The van der Waals surface area contributed by atoms with E-state index < -0.39 is 10.0 Å². The van der Waals surface area contributed by atoms with Crippen LogP contribution in [0.2, 0.25) is 0 Å². The first-order valence-corrected chi connectivity index (χ1v) is 6.79. The summed E-state index contributed by atoms with van der Waals surface area (Å²) in [5.74, 6) is 0.619. The molecule has 0 saturated heterocycles. The first-order valence-electron chi connectivity index (χ1n) is 5.19. The number of sulfonamides is 1. The van der Waals surface area contributed by atoms with Gasteiger partial charge in [0.05, 0.1) is 12.4 Å². The molecule has 1 fully saturated rings. The van der Waals surface area contributed by atoms with Crippen molar-refractivity contribution >= 4 is 10.0 Å². The van der Waals surface area contributed by atoms with Gasteiger partial charge in [0.25, 0.3) is 0 Å². The zero-order valence-electron chi connectivity index (χ0n) is 8.65. The van der Waals surface area contributed by atoms with Crippen molar-refractivity contribution in [1.82, 2.24) is 4.31 Å². The van der Waals surface area contributed by atoms with Gasteiger partial charge in [-0.2, -0.15) is 4.31 Å². The highest BCUT2D eigenvalue weighted by Gasteiger charge is 2.28. The van der Waals surface area contributed by atoms with Crippen LogP contribution in [0.1, 0.15) is 26.2 Å². The predicted molar refractivity (Wildman–Crippen MR) is 55.5 cm³/mol. The van der Waals surface area contributed by atoms with E-state index in [-0.39, 0.29) is 18.9 Å². The van der Waals surface area contributed by atoms with Crippen LogP contribution < -0.4 is 0 Å². The quantitative estimate of drug-likeness (QED) is 0.707. The lowest BCUT2D eigenvalue weighted by Crippen LogP contribution is -2.38. The molecule has 84 valence electrons. The minimum Gasteiger partial charge on any atom is -0.395 e. The number of likely N-dealkylation sites (N-methyl/N-ethyl adjacent to an activating group) is 1. The normalized spacial score (nSPS) is 18.5. The van der Waals surface area contributed by atoms with Crippen LogP contribution in [0.25, 0.3) is 0 Å². The van der Waals surface area contributed by atoms with Gasteiger partial charge in [-0.15, -0.1) is 0 Å². The lowest BCUT2D eigenvalue weighted by Gasteiger charge is -2.28. The molecule has 1 rings (SSSR count). The molecule has 1 saturated carbocycles. The van der Waals surface area contributed by atoms with E-state index in [0.717, 1.165) is 19.3 Å². The Morgan fingerprint density at radius 1 is 1.43 bits per heavy atom. The first kappa shape index (κ1) is 11.9. The molecule has 0 radical (unpaired) electrons. The minimum atomic E-state index is -3.12. The van der Waals surface area contributed by atoms with Crippen LogP contribution in [-0.4, -0.2) is 43.3 Å². The van der Waals surface area contributed by atoms with E-state index in [1.54, 1.807) is 6.92 Å². The molecule has 14 heavy (non-hydrogen) atoms. The average Bonchev–Trinajstić information content (AvgIpc) is 2.07. The molecule has 0 amide bonds. The van der Waals surface area contributed by atoms with Crippen LogP contribution in [-0.2, 0) is 10.0 Å². The number of hydrogen-bond donors (Lipinski definition) is 1. The zero-order valence-corrected chi connectivity index (χ0v) is 9.46. The lowest BCUT2D eigenvalue weighted by molar-refractivity contribution is 0.254. The molecule has 0 aliphatic heterocycles. The topological polar surface area (TPSA) is 57.6 Å². The highest BCUT2D eigenvalue weighted by Crippen LogP contribution is 2.28. The molecule has 0 aromatic carbocycles. The van der Waals surface area contributed by atoms with E-state index in [1.807, 2.05) is 0 Å². The summed E-state index contributed by atoms with van der Waals surface area (Å²) in [7, 11) is -3.12. The Hall–Kier alpha value is -0.130. The van der Waals surface area contributed by atoms with E-state index in [1.165, 1.54) is 4.31 Å². The number of aliphatic hydroxyl groups is 1. The van der Waals surface area contributed by atoms with Gasteiger partial charge >= 0.3 is 0 Å². The summed E-state index contributed by atoms with van der Waals surface area (Å²) in [6, 6.07) is 0. The summed E-state index contributed by atoms with van der Waals surface area (Å²) in [4.78, 5) is 0. The van der Waals surface area contributed by atoms with Gasteiger partial charge in [0.1, 0.15) is 0 Å². The van der Waals surface area contributed by atoms with Crippen molar-refractivity contribution in [2.75, 3.05) is 25.4 Å². The molecule has 4 nitrogen and oxygen atoms in total. The zero-order chi connectivity index (χ0) is 10.6. The molecule has 0 aromatic heterocycles. The maximum Gasteiger partial charge on any atom is 0.214 e. The molecule has 0 bridgehead atoms. The summed E-state index contributed by atoms with van der Waals surface area (Å²) in [5.41, 5.74) is 0. The van der Waals surface area contributed by atoms with Crippen molar-refractivity contribution < 1.29 is 13.5 Å². The molecule has 0 unspecified atom stereocenters. The van der Waals surface area contributed by atoms with Crippen molar-refractivity contribution in [1.29, 1.82) is 0 Å². The molecular weight excluding hydrogens is 202 g/mol. The second-order valence-electron chi connectivity index (χ2n) is 3.79. The molecule has 1 aliphatic carbocycles. The van der Waals surface area contributed by atoms with Crippen LogP contribution in [0.4, 0.5) is 0 Å². The van der Waals surface area contributed by atoms with Gasteiger partial charge in [0.2, 0.25) is 10.0 Å². The molecular formula is C9H19NO3S. The summed E-state index contributed by atoms with van der Waals surface area (Å²) in [5, 5.41) is 8.73. The van der Waals surface area contributed by atoms with Crippen LogP contribution >= 0.6 is 0 Å². The molecule has 0 spiro atoms. The molecule has 0 atom stereocenters. The molecule has 1 N–H and O–H groups in total. The number of rotatable bonds is 6. The summed E-state index contributed by atoms with van der Waals surface area (Å²) >= 11 is 0. The van der Waals surface area contributed by atoms with Crippen molar-refractivity contribution in [2.24, 2.45) is 5.92 Å². The van der Waals surface area contributed by atoms with Crippen LogP contribution in [0.5, 0.6) is 0 Å². The maximum atomic E-state index is 11.8. The fraction of sp³-hybridized carbons (Fsp3) is 1.00. The third-order valence-electron chi connectivity index (χ3n) is 2.77. The summed E-state index contributed by atoms with van der Waals surface area (Å²) < 4.78 is 24.9. The molecule has 0 aromatic rings. The number of aliphatic hydroxyl groups excluding tert-OH is 1. The molecule has 5 heteroatoms. The molecule has 1 aliphatic rings. The Kier molecular flexibility index (Phi) is 4.34. The third-order valence-corrected chi connectivity index (χ3v) is 4.89. The van der Waals surface area contributed by atoms with Crippen molar-refractivity contribution in [3.05, 3.63) is 0 Å². The van der Waals surface area contributed by atoms with E-state index in [0.29, 0.717) is 12.5 Å². The molecule has 0 heterocycles. The monoisotopic (exact) mass is 221 g/mol. The van der Waals surface area contributed by atoms with Crippen molar-refractivity contribution in [3.8, 4) is 0 Å². The largest absolute Gasteiger partial charge is 0.395 e. The Labute approximate surface area is 86.0 Å². The van der Waals surface area contributed by atoms with E-state index in [9.17, 15) is 8.42 Å². The minimum absolute atomic E-state index is 0.0995. The lowest BCUT2D eigenvalue weighted by atomic mass is 9.87. The maximum absolute atomic E-state index is 11.8. The predicted octanol–water partition coefficient (Wildman–Crippen LogP) is 0.430. The van der Waals surface area contributed by atoms with Crippen LogP contribution in [0.15, 0.2) is 0 Å². The highest BCUT2D eigenvalue weighted by molar-refractivity contribution is 7.89. The van der Waals surface area contributed by atoms with E-state index >= 15 is 0 Å². The second-order valence-corrected chi connectivity index (χ2v) is 5.80. The van der Waals surface area contributed by atoms with Crippen LogP contribution in [0, 0.1) is 5.92 Å². The second kappa shape index (κ2) is 5.09. The summed E-state index contributed by atoms with van der Waals surface area (Å²) in [6.45, 7) is 2.38. The van der Waals surface area contributed by atoms with Crippen LogP contribution in [0.3, 0.4) is 0 Å². The fourth-order valence-electron chi connectivity index (χ4n) is 1.67. The van der Waals surface area contributed by atoms with E-state index in [4.69, 9.17) is 5.11 Å². The SMILES string of the molecule is CCN(CCO)S(=O)(=O)CC1CCC1. The Balaban J connectivity index is 2.51. The van der Waals surface area contributed by atoms with Crippen molar-refractivity contribution in [2.45, 2.75) is 26.2 Å². The Morgan fingerprint density at radius 3 is 2.43 bits per heavy atom. The Bertz CT molecular complexity index is 259. The van der Waals surface area contributed by atoms with Gasteiger partial charge in [-0.3, -0.25) is 0 Å². The highest BCUT2D eigenvalue weighted by atomic mass is 32.2. The number of hydrogen-bond acceptors (Lipinski definition) is 3. The van der Waals surface area contributed by atoms with Gasteiger partial charge in [-0.25, -0.2) is 8.42 Å². The van der Waals surface area contributed by atoms with Gasteiger partial charge in [-0.1, -0.05) is 13.3 Å². The smallest absolute Gasteiger partial charge is 0.214 e. The van der Waals surface area contributed by atoms with Gasteiger partial charge in [0, 0.05) is 13.1 Å².